The van der Waals surface area contributed by atoms with Crippen molar-refractivity contribution in [1.82, 2.24) is 10.2 Å². The first-order valence-corrected chi connectivity index (χ1v) is 8.31. The maximum Gasteiger partial charge on any atom is 0.193 e. The van der Waals surface area contributed by atoms with Gasteiger partial charge >= 0.3 is 0 Å². The van der Waals surface area contributed by atoms with Crippen LogP contribution in [0.15, 0.2) is 29.3 Å². The SMILES string of the molecule is CCNC(=NCC(C)C)N1CCC(c2ccc(OC)cc2)C1.I. The van der Waals surface area contributed by atoms with Crippen molar-refractivity contribution >= 4 is 29.9 Å². The third-order valence-electron chi connectivity index (χ3n) is 4.02. The van der Waals surface area contributed by atoms with Crippen molar-refractivity contribution < 1.29 is 4.74 Å². The lowest BCUT2D eigenvalue weighted by Gasteiger charge is -2.22. The molecule has 1 unspecified atom stereocenters. The van der Waals surface area contributed by atoms with Crippen molar-refractivity contribution in [3.8, 4) is 5.75 Å². The first kappa shape index (κ1) is 20.1. The predicted octanol–water partition coefficient (Wildman–Crippen LogP) is 3.72. The molecule has 0 bridgehead atoms. The normalized spacial score (nSPS) is 18.0. The summed E-state index contributed by atoms with van der Waals surface area (Å²) in [5.41, 5.74) is 1.39. The van der Waals surface area contributed by atoms with Crippen molar-refractivity contribution in [3.05, 3.63) is 29.8 Å². The summed E-state index contributed by atoms with van der Waals surface area (Å²) in [6, 6.07) is 8.47. The molecular formula is C18H30IN3O. The van der Waals surface area contributed by atoms with Crippen molar-refractivity contribution in [2.24, 2.45) is 10.9 Å². The molecule has 2 rings (SSSR count). The van der Waals surface area contributed by atoms with Gasteiger partial charge in [-0.05, 0) is 37.0 Å². The molecule has 1 aromatic rings. The molecule has 4 nitrogen and oxygen atoms in total. The van der Waals surface area contributed by atoms with E-state index in [1.165, 1.54) is 12.0 Å². The number of likely N-dealkylation sites (tertiary alicyclic amines) is 1. The molecule has 1 aliphatic rings. The van der Waals surface area contributed by atoms with Crippen LogP contribution in [0.4, 0.5) is 0 Å². The standard InChI is InChI=1S/C18H29N3O.HI/c1-5-19-18(20-12-14(2)3)21-11-10-16(13-21)15-6-8-17(22-4)9-7-15;/h6-9,14,16H,5,10-13H2,1-4H3,(H,19,20);1H. The summed E-state index contributed by atoms with van der Waals surface area (Å²) >= 11 is 0. The Kier molecular flexibility index (Phi) is 8.73. The molecule has 1 aromatic carbocycles. The van der Waals surface area contributed by atoms with Gasteiger partial charge in [-0.3, -0.25) is 4.99 Å². The minimum Gasteiger partial charge on any atom is -0.497 e. The number of methoxy groups -OCH3 is 1. The Bertz CT molecular complexity index is 488. The van der Waals surface area contributed by atoms with Gasteiger partial charge in [0.2, 0.25) is 0 Å². The first-order chi connectivity index (χ1) is 10.6. The Morgan fingerprint density at radius 2 is 2.04 bits per heavy atom. The van der Waals surface area contributed by atoms with Crippen molar-refractivity contribution in [2.45, 2.75) is 33.1 Å². The van der Waals surface area contributed by atoms with E-state index in [4.69, 9.17) is 9.73 Å². The van der Waals surface area contributed by atoms with Gasteiger partial charge < -0.3 is 15.0 Å². The maximum atomic E-state index is 5.24. The summed E-state index contributed by atoms with van der Waals surface area (Å²) in [5, 5.41) is 3.43. The van der Waals surface area contributed by atoms with Crippen LogP contribution in [-0.4, -0.2) is 44.1 Å². The van der Waals surface area contributed by atoms with E-state index < -0.39 is 0 Å². The van der Waals surface area contributed by atoms with Gasteiger partial charge in [-0.15, -0.1) is 24.0 Å². The number of hydrogen-bond acceptors (Lipinski definition) is 2. The Labute approximate surface area is 157 Å². The average Bonchev–Trinajstić information content (AvgIpc) is 3.01. The summed E-state index contributed by atoms with van der Waals surface area (Å²) in [4.78, 5) is 7.15. The number of hydrogen-bond donors (Lipinski definition) is 1. The highest BCUT2D eigenvalue weighted by atomic mass is 127. The minimum absolute atomic E-state index is 0. The van der Waals surface area contributed by atoms with E-state index >= 15 is 0 Å². The van der Waals surface area contributed by atoms with Gasteiger partial charge in [-0.2, -0.15) is 0 Å². The second-order valence-corrected chi connectivity index (χ2v) is 6.29. The van der Waals surface area contributed by atoms with Crippen molar-refractivity contribution in [2.75, 3.05) is 33.3 Å². The van der Waals surface area contributed by atoms with Crippen LogP contribution in [0.3, 0.4) is 0 Å². The van der Waals surface area contributed by atoms with Crippen LogP contribution >= 0.6 is 24.0 Å². The van der Waals surface area contributed by atoms with Crippen LogP contribution in [0.25, 0.3) is 0 Å². The zero-order valence-corrected chi connectivity index (χ0v) is 17.0. The molecule has 0 aliphatic carbocycles. The number of ether oxygens (including phenoxy) is 1. The zero-order chi connectivity index (χ0) is 15.9. The summed E-state index contributed by atoms with van der Waals surface area (Å²) in [6.45, 7) is 10.4. The molecule has 0 saturated carbocycles. The zero-order valence-electron chi connectivity index (χ0n) is 14.7. The number of guanidine groups is 1. The van der Waals surface area contributed by atoms with Gasteiger partial charge in [0.1, 0.15) is 5.75 Å². The number of benzene rings is 1. The second-order valence-electron chi connectivity index (χ2n) is 6.29. The van der Waals surface area contributed by atoms with Gasteiger partial charge in [0.15, 0.2) is 5.96 Å². The van der Waals surface area contributed by atoms with Crippen LogP contribution in [0.5, 0.6) is 5.75 Å². The van der Waals surface area contributed by atoms with Crippen LogP contribution < -0.4 is 10.1 Å². The highest BCUT2D eigenvalue weighted by Crippen LogP contribution is 2.28. The van der Waals surface area contributed by atoms with E-state index in [2.05, 4.69) is 55.3 Å². The highest BCUT2D eigenvalue weighted by molar-refractivity contribution is 14.0. The van der Waals surface area contributed by atoms with Gasteiger partial charge in [-0.1, -0.05) is 26.0 Å². The molecule has 1 aliphatic heterocycles. The van der Waals surface area contributed by atoms with E-state index in [9.17, 15) is 0 Å². The van der Waals surface area contributed by atoms with Gasteiger partial charge in [0.05, 0.1) is 7.11 Å². The predicted molar refractivity (Wildman–Crippen MR) is 108 cm³/mol. The quantitative estimate of drug-likeness (QED) is 0.439. The van der Waals surface area contributed by atoms with Gasteiger partial charge in [-0.25, -0.2) is 0 Å². The molecule has 1 N–H and O–H groups in total. The summed E-state index contributed by atoms with van der Waals surface area (Å²) in [7, 11) is 1.71. The number of halogens is 1. The Balaban J connectivity index is 0.00000264. The lowest BCUT2D eigenvalue weighted by Crippen LogP contribution is -2.40. The van der Waals surface area contributed by atoms with Gasteiger partial charge in [0, 0.05) is 32.1 Å². The Hall–Kier alpha value is -0.980. The maximum absolute atomic E-state index is 5.24. The molecule has 1 heterocycles. The fraction of sp³-hybridized carbons (Fsp3) is 0.611. The van der Waals surface area contributed by atoms with Crippen LogP contribution in [0, 0.1) is 5.92 Å². The molecule has 1 atom stereocenters. The second kappa shape index (κ2) is 10.0. The molecule has 0 aromatic heterocycles. The number of nitrogens with one attached hydrogen (secondary N) is 1. The molecule has 0 radical (unpaired) electrons. The summed E-state index contributed by atoms with van der Waals surface area (Å²) in [5.74, 6) is 3.15. The lowest BCUT2D eigenvalue weighted by molar-refractivity contribution is 0.414. The average molecular weight is 431 g/mol. The largest absolute Gasteiger partial charge is 0.497 e. The van der Waals surface area contributed by atoms with E-state index in [0.29, 0.717) is 11.8 Å². The van der Waals surface area contributed by atoms with E-state index in [-0.39, 0.29) is 24.0 Å². The molecule has 5 heteroatoms. The third kappa shape index (κ3) is 5.86. The smallest absolute Gasteiger partial charge is 0.193 e. The van der Waals surface area contributed by atoms with E-state index in [1.807, 2.05) is 0 Å². The van der Waals surface area contributed by atoms with Crippen LogP contribution in [-0.2, 0) is 0 Å². The Morgan fingerprint density at radius 1 is 1.35 bits per heavy atom. The van der Waals surface area contributed by atoms with Crippen LogP contribution in [0.1, 0.15) is 38.7 Å². The topological polar surface area (TPSA) is 36.9 Å². The monoisotopic (exact) mass is 431 g/mol. The van der Waals surface area contributed by atoms with Crippen molar-refractivity contribution in [1.29, 1.82) is 0 Å². The van der Waals surface area contributed by atoms with E-state index in [1.54, 1.807) is 7.11 Å². The Morgan fingerprint density at radius 3 is 2.61 bits per heavy atom. The van der Waals surface area contributed by atoms with Crippen molar-refractivity contribution in [3.63, 3.8) is 0 Å². The summed E-state index contributed by atoms with van der Waals surface area (Å²) < 4.78 is 5.24. The summed E-state index contributed by atoms with van der Waals surface area (Å²) in [6.07, 6.45) is 1.18. The molecule has 23 heavy (non-hydrogen) atoms. The fourth-order valence-electron chi connectivity index (χ4n) is 2.80. The molecule has 130 valence electrons. The fourth-order valence-corrected chi connectivity index (χ4v) is 2.80. The minimum atomic E-state index is 0. The number of aliphatic imine (C=N–C) groups is 1. The molecule has 1 saturated heterocycles. The molecule has 0 spiro atoms. The highest BCUT2D eigenvalue weighted by Gasteiger charge is 2.26. The third-order valence-corrected chi connectivity index (χ3v) is 4.02. The van der Waals surface area contributed by atoms with Gasteiger partial charge in [0.25, 0.3) is 0 Å². The first-order valence-electron chi connectivity index (χ1n) is 8.31. The number of rotatable bonds is 5. The molecular weight excluding hydrogens is 401 g/mol. The van der Waals surface area contributed by atoms with Crippen LogP contribution in [0.2, 0.25) is 0 Å². The molecule has 1 fully saturated rings. The van der Waals surface area contributed by atoms with E-state index in [0.717, 1.165) is 37.9 Å². The number of nitrogens with zero attached hydrogens (tertiary/aromatic N) is 2. The lowest BCUT2D eigenvalue weighted by atomic mass is 9.98. The molecule has 0 amide bonds.